The predicted octanol–water partition coefficient (Wildman–Crippen LogP) is 2.88. The van der Waals surface area contributed by atoms with Crippen molar-refractivity contribution < 1.29 is 0 Å². The lowest BCUT2D eigenvalue weighted by atomic mass is 9.83. The quantitative estimate of drug-likeness (QED) is 0.900. The fourth-order valence-electron chi connectivity index (χ4n) is 2.73. The van der Waals surface area contributed by atoms with Gasteiger partial charge >= 0.3 is 0 Å². The summed E-state index contributed by atoms with van der Waals surface area (Å²) in [5.74, 6) is 1.14. The number of imidazole rings is 1. The number of para-hydroxylation sites is 2. The van der Waals surface area contributed by atoms with E-state index in [1.54, 1.807) is 0 Å². The number of benzene rings is 1. The van der Waals surface area contributed by atoms with Crippen molar-refractivity contribution in [2.24, 2.45) is 18.2 Å². The molecule has 0 aliphatic rings. The van der Waals surface area contributed by atoms with E-state index < -0.39 is 0 Å². The molecule has 1 aromatic heterocycles. The topological polar surface area (TPSA) is 43.8 Å². The van der Waals surface area contributed by atoms with Crippen molar-refractivity contribution >= 4 is 11.0 Å². The normalized spacial score (nSPS) is 14.1. The zero-order valence-electron chi connectivity index (χ0n) is 11.8. The molecule has 3 heteroatoms. The first-order valence-corrected chi connectivity index (χ1v) is 6.55. The second-order valence-corrected chi connectivity index (χ2v) is 6.10. The van der Waals surface area contributed by atoms with Crippen LogP contribution in [0.3, 0.4) is 0 Å². The Labute approximate surface area is 109 Å². The summed E-state index contributed by atoms with van der Waals surface area (Å²) in [5, 5.41) is 0. The standard InChI is InChI=1S/C15H23N3/c1-11(16)9-15(2,3)10-14-17-12-7-5-6-8-13(12)18(14)4/h5-8,11H,9-10,16H2,1-4H3. The van der Waals surface area contributed by atoms with Gasteiger partial charge in [0.05, 0.1) is 11.0 Å². The minimum Gasteiger partial charge on any atom is -0.331 e. The summed E-state index contributed by atoms with van der Waals surface area (Å²) in [7, 11) is 2.09. The number of aryl methyl sites for hydroxylation is 1. The summed E-state index contributed by atoms with van der Waals surface area (Å²) < 4.78 is 2.19. The van der Waals surface area contributed by atoms with E-state index >= 15 is 0 Å². The van der Waals surface area contributed by atoms with Crippen LogP contribution in [0.1, 0.15) is 33.0 Å². The molecule has 1 aromatic carbocycles. The van der Waals surface area contributed by atoms with E-state index in [2.05, 4.69) is 50.6 Å². The van der Waals surface area contributed by atoms with Crippen molar-refractivity contribution in [1.29, 1.82) is 0 Å². The first kappa shape index (κ1) is 13.1. The highest BCUT2D eigenvalue weighted by Gasteiger charge is 2.23. The van der Waals surface area contributed by atoms with Crippen LogP contribution in [0.15, 0.2) is 24.3 Å². The van der Waals surface area contributed by atoms with Gasteiger partial charge in [0.1, 0.15) is 5.82 Å². The Kier molecular flexibility index (Phi) is 3.44. The number of fused-ring (bicyclic) bond motifs is 1. The van der Waals surface area contributed by atoms with E-state index in [0.717, 1.165) is 24.2 Å². The summed E-state index contributed by atoms with van der Waals surface area (Å²) in [6, 6.07) is 8.50. The van der Waals surface area contributed by atoms with Crippen LogP contribution < -0.4 is 5.73 Å². The Balaban J connectivity index is 2.29. The van der Waals surface area contributed by atoms with Crippen LogP contribution in [0.25, 0.3) is 11.0 Å². The van der Waals surface area contributed by atoms with E-state index in [1.165, 1.54) is 5.52 Å². The van der Waals surface area contributed by atoms with Gasteiger partial charge < -0.3 is 10.3 Å². The molecule has 2 aromatic rings. The molecule has 1 atom stereocenters. The number of nitrogens with two attached hydrogens (primary N) is 1. The Hall–Kier alpha value is -1.35. The molecular weight excluding hydrogens is 222 g/mol. The largest absolute Gasteiger partial charge is 0.331 e. The summed E-state index contributed by atoms with van der Waals surface area (Å²) in [6.45, 7) is 6.59. The van der Waals surface area contributed by atoms with Crippen LogP contribution in [0.5, 0.6) is 0 Å². The van der Waals surface area contributed by atoms with Crippen LogP contribution in [-0.2, 0) is 13.5 Å². The average molecular weight is 245 g/mol. The molecule has 0 fully saturated rings. The molecule has 1 unspecified atom stereocenters. The van der Waals surface area contributed by atoms with Crippen molar-refractivity contribution in [1.82, 2.24) is 9.55 Å². The van der Waals surface area contributed by atoms with Crippen LogP contribution in [0.2, 0.25) is 0 Å². The van der Waals surface area contributed by atoms with Crippen molar-refractivity contribution in [3.63, 3.8) is 0 Å². The first-order chi connectivity index (χ1) is 8.39. The highest BCUT2D eigenvalue weighted by molar-refractivity contribution is 5.75. The molecule has 0 saturated carbocycles. The Morgan fingerprint density at radius 3 is 2.61 bits per heavy atom. The number of hydrogen-bond acceptors (Lipinski definition) is 2. The van der Waals surface area contributed by atoms with Crippen molar-refractivity contribution in [2.45, 2.75) is 39.7 Å². The third-order valence-electron chi connectivity index (χ3n) is 3.39. The molecule has 0 aliphatic heterocycles. The summed E-state index contributed by atoms with van der Waals surface area (Å²) in [6.07, 6.45) is 1.97. The molecule has 98 valence electrons. The van der Waals surface area contributed by atoms with Crippen molar-refractivity contribution in [2.75, 3.05) is 0 Å². The van der Waals surface area contributed by atoms with Gasteiger partial charge in [-0.25, -0.2) is 4.98 Å². The molecular formula is C15H23N3. The molecule has 0 aliphatic carbocycles. The highest BCUT2D eigenvalue weighted by atomic mass is 15.1. The van der Waals surface area contributed by atoms with Crippen LogP contribution in [-0.4, -0.2) is 15.6 Å². The Morgan fingerprint density at radius 1 is 1.33 bits per heavy atom. The number of nitrogens with zero attached hydrogens (tertiary/aromatic N) is 2. The van der Waals surface area contributed by atoms with Gasteiger partial charge in [0, 0.05) is 19.5 Å². The van der Waals surface area contributed by atoms with Gasteiger partial charge in [0.15, 0.2) is 0 Å². The number of rotatable bonds is 4. The average Bonchev–Trinajstić information content (AvgIpc) is 2.54. The highest BCUT2D eigenvalue weighted by Crippen LogP contribution is 2.28. The lowest BCUT2D eigenvalue weighted by molar-refractivity contribution is 0.301. The molecule has 2 rings (SSSR count). The lowest BCUT2D eigenvalue weighted by Gasteiger charge is -2.26. The molecule has 0 spiro atoms. The van der Waals surface area contributed by atoms with Gasteiger partial charge in [0.2, 0.25) is 0 Å². The van der Waals surface area contributed by atoms with Crippen molar-refractivity contribution in [3.8, 4) is 0 Å². The van der Waals surface area contributed by atoms with E-state index in [4.69, 9.17) is 10.7 Å². The third-order valence-corrected chi connectivity index (χ3v) is 3.39. The van der Waals surface area contributed by atoms with Crippen LogP contribution in [0.4, 0.5) is 0 Å². The summed E-state index contributed by atoms with van der Waals surface area (Å²) >= 11 is 0. The second-order valence-electron chi connectivity index (χ2n) is 6.10. The monoisotopic (exact) mass is 245 g/mol. The maximum atomic E-state index is 5.92. The van der Waals surface area contributed by atoms with Gasteiger partial charge in [-0.3, -0.25) is 0 Å². The fourth-order valence-corrected chi connectivity index (χ4v) is 2.73. The minimum atomic E-state index is 0.184. The number of hydrogen-bond donors (Lipinski definition) is 1. The Bertz CT molecular complexity index is 538. The van der Waals surface area contributed by atoms with Gasteiger partial charge in [-0.1, -0.05) is 26.0 Å². The Morgan fingerprint density at radius 2 is 2.00 bits per heavy atom. The zero-order chi connectivity index (χ0) is 13.3. The van der Waals surface area contributed by atoms with E-state index in [9.17, 15) is 0 Å². The SMILES string of the molecule is CC(N)CC(C)(C)Cc1nc2ccccc2n1C. The second kappa shape index (κ2) is 4.73. The number of aromatic nitrogens is 2. The van der Waals surface area contributed by atoms with Crippen LogP contribution in [0, 0.1) is 5.41 Å². The van der Waals surface area contributed by atoms with Gasteiger partial charge in [-0.2, -0.15) is 0 Å². The van der Waals surface area contributed by atoms with E-state index in [1.807, 2.05) is 6.07 Å². The van der Waals surface area contributed by atoms with Gasteiger partial charge in [-0.05, 0) is 30.9 Å². The van der Waals surface area contributed by atoms with Crippen molar-refractivity contribution in [3.05, 3.63) is 30.1 Å². The summed E-state index contributed by atoms with van der Waals surface area (Å²) in [4.78, 5) is 4.73. The first-order valence-electron chi connectivity index (χ1n) is 6.55. The molecule has 0 amide bonds. The predicted molar refractivity (Wildman–Crippen MR) is 76.5 cm³/mol. The zero-order valence-corrected chi connectivity index (χ0v) is 11.8. The third kappa shape index (κ3) is 2.72. The smallest absolute Gasteiger partial charge is 0.110 e. The van der Waals surface area contributed by atoms with Gasteiger partial charge in [-0.15, -0.1) is 0 Å². The molecule has 3 nitrogen and oxygen atoms in total. The molecule has 2 N–H and O–H groups in total. The van der Waals surface area contributed by atoms with E-state index in [-0.39, 0.29) is 11.5 Å². The maximum Gasteiger partial charge on any atom is 0.110 e. The molecule has 18 heavy (non-hydrogen) atoms. The molecule has 0 saturated heterocycles. The molecule has 0 bridgehead atoms. The van der Waals surface area contributed by atoms with E-state index in [0.29, 0.717) is 0 Å². The maximum absolute atomic E-state index is 5.92. The summed E-state index contributed by atoms with van der Waals surface area (Å²) in [5.41, 5.74) is 8.38. The minimum absolute atomic E-state index is 0.184. The fraction of sp³-hybridized carbons (Fsp3) is 0.533. The molecule has 0 radical (unpaired) electrons. The molecule has 1 heterocycles. The van der Waals surface area contributed by atoms with Gasteiger partial charge in [0.25, 0.3) is 0 Å². The lowest BCUT2D eigenvalue weighted by Crippen LogP contribution is -2.27. The van der Waals surface area contributed by atoms with Crippen LogP contribution >= 0.6 is 0 Å².